The Hall–Kier alpha value is -0.170. The molecule has 1 rings (SSSR count). The van der Waals surface area contributed by atoms with Gasteiger partial charge in [0.05, 0.1) is 32.7 Å². The van der Waals surface area contributed by atoms with Crippen LogP contribution in [-0.4, -0.2) is 47.2 Å². The van der Waals surface area contributed by atoms with E-state index < -0.39 is 10.1 Å². The molecule has 0 amide bonds. The lowest BCUT2D eigenvalue weighted by Gasteiger charge is -2.21. The van der Waals surface area contributed by atoms with Gasteiger partial charge >= 0.3 is 0 Å². The summed E-state index contributed by atoms with van der Waals surface area (Å²) >= 11 is 0. The van der Waals surface area contributed by atoms with E-state index in [2.05, 4.69) is 4.18 Å². The van der Waals surface area contributed by atoms with Gasteiger partial charge in [-0.05, 0) is 0 Å². The Morgan fingerprint density at radius 1 is 1.50 bits per heavy atom. The maximum Gasteiger partial charge on any atom is 0.264 e. The van der Waals surface area contributed by atoms with Crippen LogP contribution in [0.4, 0.5) is 0 Å². The Morgan fingerprint density at radius 2 is 2.25 bits per heavy atom. The predicted octanol–water partition coefficient (Wildman–Crippen LogP) is -0.622. The van der Waals surface area contributed by atoms with Gasteiger partial charge in [-0.25, -0.2) is 0 Å². The molecule has 0 N–H and O–H groups in total. The smallest absolute Gasteiger partial charge is 0.264 e. The molecule has 0 bridgehead atoms. The topological polar surface area (TPSA) is 61.8 Å². The van der Waals surface area contributed by atoms with Gasteiger partial charge in [0, 0.05) is 0 Å². The zero-order valence-corrected chi connectivity index (χ0v) is 7.67. The molecule has 0 aliphatic carbocycles. The zero-order valence-electron chi connectivity index (χ0n) is 6.86. The van der Waals surface area contributed by atoms with Crippen LogP contribution in [0.5, 0.6) is 0 Å². The number of hydrogen-bond acceptors (Lipinski definition) is 5. The van der Waals surface area contributed by atoms with Crippen molar-refractivity contribution in [1.29, 1.82) is 0 Å². The van der Waals surface area contributed by atoms with Crippen molar-refractivity contribution in [3.8, 4) is 0 Å². The normalized spacial score (nSPS) is 25.6. The maximum atomic E-state index is 10.6. The Balaban J connectivity index is 2.22. The van der Waals surface area contributed by atoms with Crippen LogP contribution in [-0.2, 0) is 23.8 Å². The highest BCUT2D eigenvalue weighted by atomic mass is 32.2. The van der Waals surface area contributed by atoms with Crippen molar-refractivity contribution in [2.45, 2.75) is 6.10 Å². The van der Waals surface area contributed by atoms with E-state index in [-0.39, 0.29) is 12.7 Å². The SMILES string of the molecule is CS(=O)(=O)OCC1COCCO1. The minimum atomic E-state index is -3.36. The Morgan fingerprint density at radius 3 is 2.75 bits per heavy atom. The average molecular weight is 196 g/mol. The van der Waals surface area contributed by atoms with Gasteiger partial charge < -0.3 is 9.47 Å². The monoisotopic (exact) mass is 196 g/mol. The van der Waals surface area contributed by atoms with Crippen LogP contribution in [0.25, 0.3) is 0 Å². The first kappa shape index (κ1) is 9.91. The lowest BCUT2D eigenvalue weighted by molar-refractivity contribution is -0.100. The second-order valence-corrected chi connectivity index (χ2v) is 4.20. The quantitative estimate of drug-likeness (QED) is 0.563. The molecule has 1 heterocycles. The molecule has 1 saturated heterocycles. The van der Waals surface area contributed by atoms with Crippen LogP contribution in [0.3, 0.4) is 0 Å². The highest BCUT2D eigenvalue weighted by Crippen LogP contribution is 2.02. The summed E-state index contributed by atoms with van der Waals surface area (Å²) in [5.74, 6) is 0. The third-order valence-electron chi connectivity index (χ3n) is 1.35. The molecule has 1 fully saturated rings. The molecule has 0 saturated carbocycles. The summed E-state index contributed by atoms with van der Waals surface area (Å²) in [4.78, 5) is 0. The summed E-state index contributed by atoms with van der Waals surface area (Å²) in [6.45, 7) is 1.50. The summed E-state index contributed by atoms with van der Waals surface area (Å²) in [5.41, 5.74) is 0. The molecule has 1 unspecified atom stereocenters. The van der Waals surface area contributed by atoms with E-state index in [1.165, 1.54) is 0 Å². The van der Waals surface area contributed by atoms with Gasteiger partial charge in [-0.1, -0.05) is 0 Å². The lowest BCUT2D eigenvalue weighted by Crippen LogP contribution is -2.33. The molecule has 0 spiro atoms. The molecule has 5 nitrogen and oxygen atoms in total. The van der Waals surface area contributed by atoms with Gasteiger partial charge in [0.1, 0.15) is 6.10 Å². The van der Waals surface area contributed by atoms with Gasteiger partial charge in [0.2, 0.25) is 0 Å². The summed E-state index contributed by atoms with van der Waals surface area (Å²) in [7, 11) is -3.36. The first-order chi connectivity index (χ1) is 5.58. The molecule has 0 aromatic carbocycles. The van der Waals surface area contributed by atoms with Crippen LogP contribution in [0.1, 0.15) is 0 Å². The van der Waals surface area contributed by atoms with Gasteiger partial charge in [0.15, 0.2) is 0 Å². The summed E-state index contributed by atoms with van der Waals surface area (Å²) in [5, 5.41) is 0. The van der Waals surface area contributed by atoms with Crippen molar-refractivity contribution in [1.82, 2.24) is 0 Å². The van der Waals surface area contributed by atoms with Crippen molar-refractivity contribution < 1.29 is 22.1 Å². The molecular weight excluding hydrogens is 184 g/mol. The number of ether oxygens (including phenoxy) is 2. The standard InChI is InChI=1S/C6H12O5S/c1-12(7,8)11-5-6-4-9-2-3-10-6/h6H,2-5H2,1H3. The largest absolute Gasteiger partial charge is 0.376 e. The van der Waals surface area contributed by atoms with E-state index in [4.69, 9.17) is 9.47 Å². The Labute approximate surface area is 71.7 Å². The Bertz CT molecular complexity index is 216. The summed E-state index contributed by atoms with van der Waals surface area (Å²) in [6, 6.07) is 0. The van der Waals surface area contributed by atoms with Crippen molar-refractivity contribution >= 4 is 10.1 Å². The summed E-state index contributed by atoms with van der Waals surface area (Å²) in [6.07, 6.45) is 0.755. The average Bonchev–Trinajstić information content (AvgIpc) is 2.02. The molecule has 1 aliphatic rings. The Kier molecular flexibility index (Phi) is 3.45. The van der Waals surface area contributed by atoms with Crippen LogP contribution >= 0.6 is 0 Å². The van der Waals surface area contributed by atoms with Crippen LogP contribution in [0.15, 0.2) is 0 Å². The van der Waals surface area contributed by atoms with Crippen molar-refractivity contribution in [2.24, 2.45) is 0 Å². The number of hydrogen-bond donors (Lipinski definition) is 0. The van der Waals surface area contributed by atoms with Crippen LogP contribution in [0.2, 0.25) is 0 Å². The van der Waals surface area contributed by atoms with Gasteiger partial charge in [-0.3, -0.25) is 4.18 Å². The van der Waals surface area contributed by atoms with E-state index >= 15 is 0 Å². The van der Waals surface area contributed by atoms with E-state index in [1.54, 1.807) is 0 Å². The fraction of sp³-hybridized carbons (Fsp3) is 1.00. The molecule has 0 aromatic rings. The molecule has 12 heavy (non-hydrogen) atoms. The highest BCUT2D eigenvalue weighted by Gasteiger charge is 2.16. The first-order valence-electron chi connectivity index (χ1n) is 3.62. The molecule has 72 valence electrons. The second-order valence-electron chi connectivity index (χ2n) is 2.56. The fourth-order valence-corrected chi connectivity index (χ4v) is 1.23. The minimum Gasteiger partial charge on any atom is -0.376 e. The van der Waals surface area contributed by atoms with Crippen molar-refractivity contribution in [2.75, 3.05) is 32.7 Å². The van der Waals surface area contributed by atoms with E-state index in [1.807, 2.05) is 0 Å². The maximum absolute atomic E-state index is 10.6. The van der Waals surface area contributed by atoms with Crippen molar-refractivity contribution in [3.63, 3.8) is 0 Å². The van der Waals surface area contributed by atoms with Gasteiger partial charge in [-0.15, -0.1) is 0 Å². The predicted molar refractivity (Wildman–Crippen MR) is 41.4 cm³/mol. The third kappa shape index (κ3) is 4.01. The second kappa shape index (κ2) is 4.18. The molecule has 6 heteroatoms. The highest BCUT2D eigenvalue weighted by molar-refractivity contribution is 7.85. The van der Waals surface area contributed by atoms with Crippen molar-refractivity contribution in [3.05, 3.63) is 0 Å². The number of rotatable bonds is 3. The first-order valence-corrected chi connectivity index (χ1v) is 5.43. The van der Waals surface area contributed by atoms with Gasteiger partial charge in [-0.2, -0.15) is 8.42 Å². The fourth-order valence-electron chi connectivity index (χ4n) is 0.832. The minimum absolute atomic E-state index is 0.0405. The molecule has 1 aliphatic heterocycles. The zero-order chi connectivity index (χ0) is 9.03. The van der Waals surface area contributed by atoms with Crippen LogP contribution in [0, 0.1) is 0 Å². The van der Waals surface area contributed by atoms with E-state index in [0.717, 1.165) is 6.26 Å². The van der Waals surface area contributed by atoms with Gasteiger partial charge in [0.25, 0.3) is 10.1 Å². The molecule has 1 atom stereocenters. The molecule has 0 radical (unpaired) electrons. The summed E-state index contributed by atoms with van der Waals surface area (Å²) < 4.78 is 35.9. The molecule has 0 aromatic heterocycles. The molecular formula is C6H12O5S. The van der Waals surface area contributed by atoms with E-state index in [0.29, 0.717) is 19.8 Å². The van der Waals surface area contributed by atoms with E-state index in [9.17, 15) is 8.42 Å². The lowest BCUT2D eigenvalue weighted by atomic mass is 10.4. The third-order valence-corrected chi connectivity index (χ3v) is 1.92. The van der Waals surface area contributed by atoms with Crippen LogP contribution < -0.4 is 0 Å².